The summed E-state index contributed by atoms with van der Waals surface area (Å²) >= 11 is 0. The Labute approximate surface area is 315 Å². The van der Waals surface area contributed by atoms with E-state index in [0.717, 1.165) is 71.8 Å². The number of para-hydroxylation sites is 1. The zero-order chi connectivity index (χ0) is 36.0. The molecule has 0 amide bonds. The Kier molecular flexibility index (Phi) is 6.31. The lowest BCUT2D eigenvalue weighted by Crippen LogP contribution is -1.94. The van der Waals surface area contributed by atoms with Gasteiger partial charge in [-0.3, -0.25) is 0 Å². The molecule has 0 fully saturated rings. The van der Waals surface area contributed by atoms with Crippen LogP contribution in [0.1, 0.15) is 0 Å². The molecular weight excluding hydrogens is 673 g/mol. The van der Waals surface area contributed by atoms with Crippen LogP contribution in [0, 0.1) is 0 Å². The van der Waals surface area contributed by atoms with Gasteiger partial charge in [0.1, 0.15) is 16.7 Å². The molecule has 0 bridgehead atoms. The molecule has 0 radical (unpaired) electrons. The Morgan fingerprint density at radius 2 is 1.07 bits per heavy atom. The molecule has 4 heteroatoms. The fourth-order valence-corrected chi connectivity index (χ4v) is 8.58. The van der Waals surface area contributed by atoms with Gasteiger partial charge < -0.3 is 13.4 Å². The van der Waals surface area contributed by atoms with E-state index in [9.17, 15) is 0 Å². The van der Waals surface area contributed by atoms with E-state index in [-0.39, 0.29) is 0 Å². The van der Waals surface area contributed by atoms with Crippen LogP contribution in [0.3, 0.4) is 0 Å². The van der Waals surface area contributed by atoms with Gasteiger partial charge in [-0.25, -0.2) is 4.98 Å². The van der Waals surface area contributed by atoms with Crippen LogP contribution in [0.2, 0.25) is 0 Å². The minimum absolute atomic E-state index is 0.583. The van der Waals surface area contributed by atoms with Crippen LogP contribution in [0.15, 0.2) is 191 Å². The van der Waals surface area contributed by atoms with Gasteiger partial charge in [-0.15, -0.1) is 0 Å². The van der Waals surface area contributed by atoms with Crippen molar-refractivity contribution in [3.05, 3.63) is 182 Å². The molecule has 3 heterocycles. The molecular formula is C51H30N2O2. The van der Waals surface area contributed by atoms with Gasteiger partial charge in [-0.05, 0) is 111 Å². The standard InChI is InChI=1S/C51H30N2O2/c1-2-9-31(10-3-1)33-12-8-13-38(28-33)53-45-16-7-6-15-41(45)42-30-37(20-24-46(42)53)51-52-44-23-26-48-49(50(44)55-51)43-29-35(21-25-47(43)54-48)34-19-22-40-36(27-34)18-17-32-11-4-5-14-39(32)40/h1-30H. The minimum Gasteiger partial charge on any atom is -0.456 e. The number of aromatic nitrogens is 2. The van der Waals surface area contributed by atoms with Crippen molar-refractivity contribution in [1.82, 2.24) is 9.55 Å². The highest BCUT2D eigenvalue weighted by Crippen LogP contribution is 2.41. The smallest absolute Gasteiger partial charge is 0.227 e. The summed E-state index contributed by atoms with van der Waals surface area (Å²) in [4.78, 5) is 5.04. The summed E-state index contributed by atoms with van der Waals surface area (Å²) in [5.74, 6) is 0.583. The second-order valence-corrected chi connectivity index (χ2v) is 14.3. The summed E-state index contributed by atoms with van der Waals surface area (Å²) in [6.07, 6.45) is 0. The molecule has 3 aromatic heterocycles. The van der Waals surface area contributed by atoms with Gasteiger partial charge in [0, 0.05) is 27.4 Å². The predicted molar refractivity (Wildman–Crippen MR) is 227 cm³/mol. The van der Waals surface area contributed by atoms with Gasteiger partial charge in [0.25, 0.3) is 0 Å². The molecule has 0 N–H and O–H groups in total. The SMILES string of the molecule is c1ccc(-c2cccc(-n3c4ccccc4c4cc(-c5nc6ccc7oc8ccc(-c9ccc%10c(ccc%11ccccc%11%10)c9)cc8c7c6o5)ccc43)c2)cc1. The molecule has 55 heavy (non-hydrogen) atoms. The van der Waals surface area contributed by atoms with E-state index in [1.54, 1.807) is 0 Å². The molecule has 256 valence electrons. The zero-order valence-corrected chi connectivity index (χ0v) is 29.5. The van der Waals surface area contributed by atoms with Crippen LogP contribution >= 0.6 is 0 Å². The van der Waals surface area contributed by atoms with E-state index in [4.69, 9.17) is 13.8 Å². The van der Waals surface area contributed by atoms with Crippen molar-refractivity contribution in [2.75, 3.05) is 0 Å². The largest absolute Gasteiger partial charge is 0.456 e. The third kappa shape index (κ3) is 4.62. The Hall–Kier alpha value is -7.43. The summed E-state index contributed by atoms with van der Waals surface area (Å²) in [5.41, 5.74) is 12.1. The molecule has 0 atom stereocenters. The van der Waals surface area contributed by atoms with Crippen molar-refractivity contribution in [3.63, 3.8) is 0 Å². The second kappa shape index (κ2) is 11.5. The van der Waals surface area contributed by atoms with Crippen molar-refractivity contribution >= 4 is 76.4 Å². The maximum atomic E-state index is 6.72. The van der Waals surface area contributed by atoms with Gasteiger partial charge in [-0.1, -0.05) is 115 Å². The molecule has 0 saturated heterocycles. The van der Waals surface area contributed by atoms with E-state index < -0.39 is 0 Å². The van der Waals surface area contributed by atoms with E-state index in [0.29, 0.717) is 5.89 Å². The van der Waals surface area contributed by atoms with Crippen LogP contribution in [-0.2, 0) is 0 Å². The summed E-state index contributed by atoms with van der Waals surface area (Å²) in [6, 6.07) is 64.5. The highest BCUT2D eigenvalue weighted by Gasteiger charge is 2.19. The van der Waals surface area contributed by atoms with Crippen LogP contribution < -0.4 is 0 Å². The number of rotatable bonds is 4. The third-order valence-electron chi connectivity index (χ3n) is 11.2. The second-order valence-electron chi connectivity index (χ2n) is 14.3. The van der Waals surface area contributed by atoms with E-state index >= 15 is 0 Å². The van der Waals surface area contributed by atoms with Crippen LogP contribution in [0.25, 0.3) is 116 Å². The van der Waals surface area contributed by atoms with Gasteiger partial charge in [0.05, 0.1) is 16.4 Å². The molecule has 0 unspecified atom stereocenters. The lowest BCUT2D eigenvalue weighted by Gasteiger charge is -2.10. The monoisotopic (exact) mass is 702 g/mol. The van der Waals surface area contributed by atoms with Crippen molar-refractivity contribution in [1.29, 1.82) is 0 Å². The van der Waals surface area contributed by atoms with Crippen LogP contribution in [-0.4, -0.2) is 9.55 Å². The normalized spacial score (nSPS) is 12.0. The first-order valence-electron chi connectivity index (χ1n) is 18.6. The first kappa shape index (κ1) is 30.1. The summed E-state index contributed by atoms with van der Waals surface area (Å²) < 4.78 is 15.4. The fourth-order valence-electron chi connectivity index (χ4n) is 8.58. The number of oxazole rings is 1. The van der Waals surface area contributed by atoms with Crippen molar-refractivity contribution in [2.24, 2.45) is 0 Å². The predicted octanol–water partition coefficient (Wildman–Crippen LogP) is 14.1. The van der Waals surface area contributed by atoms with Crippen molar-refractivity contribution < 1.29 is 8.83 Å². The maximum Gasteiger partial charge on any atom is 0.227 e. The van der Waals surface area contributed by atoms with Gasteiger partial charge in [0.2, 0.25) is 5.89 Å². The van der Waals surface area contributed by atoms with E-state index in [1.165, 1.54) is 38.1 Å². The summed E-state index contributed by atoms with van der Waals surface area (Å²) in [5, 5.41) is 9.27. The number of benzene rings is 9. The third-order valence-corrected chi connectivity index (χ3v) is 11.2. The molecule has 12 rings (SSSR count). The van der Waals surface area contributed by atoms with E-state index in [1.807, 2.05) is 12.1 Å². The van der Waals surface area contributed by atoms with Crippen LogP contribution in [0.5, 0.6) is 0 Å². The minimum atomic E-state index is 0.583. The van der Waals surface area contributed by atoms with Crippen LogP contribution in [0.4, 0.5) is 0 Å². The van der Waals surface area contributed by atoms with Crippen molar-refractivity contribution in [2.45, 2.75) is 0 Å². The zero-order valence-electron chi connectivity index (χ0n) is 29.5. The summed E-state index contributed by atoms with van der Waals surface area (Å²) in [6.45, 7) is 0. The number of hydrogen-bond donors (Lipinski definition) is 0. The van der Waals surface area contributed by atoms with Crippen molar-refractivity contribution in [3.8, 4) is 39.4 Å². The lowest BCUT2D eigenvalue weighted by molar-refractivity contribution is 0.622. The first-order valence-corrected chi connectivity index (χ1v) is 18.6. The lowest BCUT2D eigenvalue weighted by atomic mass is 9.96. The molecule has 0 aliphatic rings. The molecule has 0 aliphatic carbocycles. The summed E-state index contributed by atoms with van der Waals surface area (Å²) in [7, 11) is 0. The average molecular weight is 703 g/mol. The fraction of sp³-hybridized carbons (Fsp3) is 0. The average Bonchev–Trinajstić information content (AvgIpc) is 3.95. The van der Waals surface area contributed by atoms with Gasteiger partial charge in [-0.2, -0.15) is 0 Å². The highest BCUT2D eigenvalue weighted by atomic mass is 16.4. The maximum absolute atomic E-state index is 6.72. The molecule has 12 aromatic rings. The molecule has 0 spiro atoms. The Bertz CT molecular complexity index is 3490. The Morgan fingerprint density at radius 3 is 2.02 bits per heavy atom. The molecule has 9 aromatic carbocycles. The molecule has 4 nitrogen and oxygen atoms in total. The highest BCUT2D eigenvalue weighted by molar-refractivity contribution is 6.17. The molecule has 0 aliphatic heterocycles. The van der Waals surface area contributed by atoms with Gasteiger partial charge in [0.15, 0.2) is 5.58 Å². The number of hydrogen-bond acceptors (Lipinski definition) is 3. The number of fused-ring (bicyclic) bond motifs is 11. The van der Waals surface area contributed by atoms with E-state index in [2.05, 4.69) is 174 Å². The topological polar surface area (TPSA) is 44.1 Å². The van der Waals surface area contributed by atoms with Gasteiger partial charge >= 0.3 is 0 Å². The Morgan fingerprint density at radius 1 is 0.382 bits per heavy atom. The first-order chi connectivity index (χ1) is 27.2. The molecule has 0 saturated carbocycles. The number of nitrogens with zero attached hydrogens (tertiary/aromatic N) is 2. The Balaban J connectivity index is 0.983. The number of furan rings is 1. The quantitative estimate of drug-likeness (QED) is 0.172.